The van der Waals surface area contributed by atoms with Gasteiger partial charge in [-0.2, -0.15) is 0 Å². The highest BCUT2D eigenvalue weighted by molar-refractivity contribution is 5.18. The highest BCUT2D eigenvalue weighted by Crippen LogP contribution is 2.21. The van der Waals surface area contributed by atoms with Crippen LogP contribution in [0.15, 0.2) is 121 Å². The molecular weight excluding hydrogens is 492 g/mol. The summed E-state index contributed by atoms with van der Waals surface area (Å²) in [5.41, 5.74) is 5.18. The first-order valence-corrected chi connectivity index (χ1v) is 13.9. The highest BCUT2D eigenvalue weighted by Gasteiger charge is 2.29. The maximum Gasteiger partial charge on any atom is 0.110 e. The minimum absolute atomic E-state index is 0. The lowest BCUT2D eigenvalue weighted by Crippen LogP contribution is -2.51. The van der Waals surface area contributed by atoms with Gasteiger partial charge in [0.15, 0.2) is 0 Å². The Morgan fingerprint density at radius 3 is 1.18 bits per heavy atom. The monoisotopic (exact) mass is 541 g/mol. The summed E-state index contributed by atoms with van der Waals surface area (Å²) in [6, 6.07) is 42.2. The number of rotatable bonds is 12. The van der Waals surface area contributed by atoms with E-state index in [2.05, 4.69) is 123 Å². The Bertz CT molecular complexity index is 1090. The molecule has 2 atom stereocenters. The number of nitrogens with zero attached hydrogens (tertiary/aromatic N) is 2. The standard InChI is InChI=1S/C18H24NO.C17H21NO.CH4/c1-16(15-20)19(2,13-17-9-5-3-6-10-17)14-18-11-7-4-8-12-18;1-15(14-19)18(12-16-8-4-2-5-9-16)13-17-10-6-3-7-11-17;/h3-12,16,20H,13-15H2,1-2H3;2-11,15,19H,12-14H2,1H3;1H4/q+1;;/t16-;15-;/m00./s1. The van der Waals surface area contributed by atoms with Crippen molar-refractivity contribution in [3.05, 3.63) is 144 Å². The molecule has 4 rings (SSSR count). The summed E-state index contributed by atoms with van der Waals surface area (Å²) in [5.74, 6) is 0. The molecule has 0 aliphatic heterocycles. The lowest BCUT2D eigenvalue weighted by molar-refractivity contribution is -0.957. The first-order chi connectivity index (χ1) is 18.9. The van der Waals surface area contributed by atoms with Crippen molar-refractivity contribution in [3.63, 3.8) is 0 Å². The highest BCUT2D eigenvalue weighted by atomic mass is 16.3. The smallest absolute Gasteiger partial charge is 0.110 e. The minimum Gasteiger partial charge on any atom is -0.395 e. The third kappa shape index (κ3) is 10.7. The molecule has 0 spiro atoms. The van der Waals surface area contributed by atoms with Crippen molar-refractivity contribution < 1.29 is 14.7 Å². The van der Waals surface area contributed by atoms with Crippen LogP contribution in [0.2, 0.25) is 0 Å². The molecule has 0 fully saturated rings. The van der Waals surface area contributed by atoms with E-state index in [1.807, 2.05) is 24.3 Å². The Morgan fingerprint density at radius 1 is 0.550 bits per heavy atom. The van der Waals surface area contributed by atoms with Crippen LogP contribution < -0.4 is 0 Å². The van der Waals surface area contributed by atoms with E-state index in [-0.39, 0.29) is 32.7 Å². The number of hydrogen-bond acceptors (Lipinski definition) is 3. The SMILES string of the molecule is C.C[C@@H](CO)N(Cc1ccccc1)Cc1ccccc1.C[C@@H](CO)[N+](C)(Cc1ccccc1)Cc1ccccc1. The Hall–Kier alpha value is -3.28. The molecule has 4 aromatic rings. The number of likely N-dealkylation sites (N-methyl/N-ethyl adjacent to an activating group) is 1. The van der Waals surface area contributed by atoms with E-state index in [1.54, 1.807) is 0 Å². The van der Waals surface area contributed by atoms with E-state index >= 15 is 0 Å². The van der Waals surface area contributed by atoms with Crippen LogP contribution in [0, 0.1) is 0 Å². The predicted octanol–water partition coefficient (Wildman–Crippen LogP) is 6.92. The fraction of sp³-hybridized carbons (Fsp3) is 0.333. The van der Waals surface area contributed by atoms with Crippen LogP contribution in [0.25, 0.3) is 0 Å². The van der Waals surface area contributed by atoms with E-state index in [0.717, 1.165) is 30.7 Å². The van der Waals surface area contributed by atoms with Crippen molar-refractivity contribution in [3.8, 4) is 0 Å². The van der Waals surface area contributed by atoms with Crippen LogP contribution in [0.5, 0.6) is 0 Å². The molecule has 0 aliphatic rings. The number of aliphatic hydroxyl groups excluding tert-OH is 2. The van der Waals surface area contributed by atoms with Gasteiger partial charge in [-0.25, -0.2) is 0 Å². The van der Waals surface area contributed by atoms with E-state index in [9.17, 15) is 10.2 Å². The summed E-state index contributed by atoms with van der Waals surface area (Å²) in [7, 11) is 2.22. The van der Waals surface area contributed by atoms with Crippen LogP contribution in [0.1, 0.15) is 43.5 Å². The maximum absolute atomic E-state index is 9.61. The lowest BCUT2D eigenvalue weighted by Gasteiger charge is -2.39. The molecule has 0 aromatic heterocycles. The fourth-order valence-electron chi connectivity index (χ4n) is 4.68. The van der Waals surface area contributed by atoms with E-state index in [4.69, 9.17) is 0 Å². The van der Waals surface area contributed by atoms with Crippen molar-refractivity contribution in [2.24, 2.45) is 0 Å². The van der Waals surface area contributed by atoms with Gasteiger partial charge >= 0.3 is 0 Å². The van der Waals surface area contributed by atoms with Crippen molar-refractivity contribution in [1.82, 2.24) is 4.90 Å². The average molecular weight is 542 g/mol. The van der Waals surface area contributed by atoms with E-state index < -0.39 is 0 Å². The first kappa shape index (κ1) is 32.9. The molecule has 0 aliphatic carbocycles. The van der Waals surface area contributed by atoms with Gasteiger partial charge in [0, 0.05) is 30.3 Å². The van der Waals surface area contributed by atoms with Gasteiger partial charge in [-0.05, 0) is 25.0 Å². The summed E-state index contributed by atoms with van der Waals surface area (Å²) in [5, 5.41) is 19.0. The molecule has 0 heterocycles. The lowest BCUT2D eigenvalue weighted by atomic mass is 10.1. The number of aliphatic hydroxyl groups is 2. The normalized spacial score (nSPS) is 12.6. The van der Waals surface area contributed by atoms with Crippen LogP contribution in [-0.4, -0.2) is 51.9 Å². The minimum atomic E-state index is 0. The molecule has 4 nitrogen and oxygen atoms in total. The zero-order valence-corrected chi connectivity index (χ0v) is 23.7. The molecule has 40 heavy (non-hydrogen) atoms. The van der Waals surface area contributed by atoms with Gasteiger partial charge in [0.25, 0.3) is 0 Å². The largest absolute Gasteiger partial charge is 0.395 e. The van der Waals surface area contributed by atoms with Crippen molar-refractivity contribution in [2.75, 3.05) is 20.3 Å². The van der Waals surface area contributed by atoms with E-state index in [0.29, 0.717) is 0 Å². The zero-order valence-electron chi connectivity index (χ0n) is 23.7. The second-order valence-electron chi connectivity index (χ2n) is 10.7. The number of quaternary nitrogens is 1. The Morgan fingerprint density at radius 2 is 0.875 bits per heavy atom. The third-order valence-corrected chi connectivity index (χ3v) is 7.45. The van der Waals surface area contributed by atoms with Gasteiger partial charge in [0.1, 0.15) is 19.1 Å². The fourth-order valence-corrected chi connectivity index (χ4v) is 4.68. The molecule has 0 bridgehead atoms. The molecule has 4 heteroatoms. The van der Waals surface area contributed by atoms with Crippen molar-refractivity contribution >= 4 is 0 Å². The van der Waals surface area contributed by atoms with Gasteiger partial charge in [-0.3, -0.25) is 4.90 Å². The quantitative estimate of drug-likeness (QED) is 0.191. The van der Waals surface area contributed by atoms with Crippen molar-refractivity contribution in [2.45, 2.75) is 59.5 Å². The molecule has 0 saturated carbocycles. The maximum atomic E-state index is 9.61. The first-order valence-electron chi connectivity index (χ1n) is 13.9. The molecule has 2 N–H and O–H groups in total. The van der Waals surface area contributed by atoms with Crippen LogP contribution in [0.4, 0.5) is 0 Å². The molecule has 4 aromatic carbocycles. The summed E-state index contributed by atoms with van der Waals surface area (Å²) >= 11 is 0. The van der Waals surface area contributed by atoms with Crippen LogP contribution in [-0.2, 0) is 26.2 Å². The van der Waals surface area contributed by atoms with Gasteiger partial charge in [-0.15, -0.1) is 0 Å². The summed E-state index contributed by atoms with van der Waals surface area (Å²) < 4.78 is 0.810. The topological polar surface area (TPSA) is 43.7 Å². The van der Waals surface area contributed by atoms with Gasteiger partial charge in [-0.1, -0.05) is 129 Å². The number of hydrogen-bond donors (Lipinski definition) is 2. The average Bonchev–Trinajstić information content (AvgIpc) is 2.98. The Labute approximate surface area is 242 Å². The van der Waals surface area contributed by atoms with Crippen LogP contribution in [0.3, 0.4) is 0 Å². The van der Waals surface area contributed by atoms with Crippen molar-refractivity contribution in [1.29, 1.82) is 0 Å². The van der Waals surface area contributed by atoms with Gasteiger partial charge in [0.05, 0.1) is 20.3 Å². The second kappa shape index (κ2) is 17.4. The number of benzene rings is 4. The third-order valence-electron chi connectivity index (χ3n) is 7.45. The molecular formula is C36H49N2O2+. The zero-order chi connectivity index (χ0) is 27.9. The Balaban J connectivity index is 0.000000274. The summed E-state index contributed by atoms with van der Waals surface area (Å²) in [6.45, 7) is 8.14. The summed E-state index contributed by atoms with van der Waals surface area (Å²) in [4.78, 5) is 2.30. The molecule has 0 amide bonds. The van der Waals surface area contributed by atoms with Crippen LogP contribution >= 0.6 is 0 Å². The predicted molar refractivity (Wildman–Crippen MR) is 168 cm³/mol. The molecule has 0 saturated heterocycles. The van der Waals surface area contributed by atoms with Gasteiger partial charge in [0.2, 0.25) is 0 Å². The molecule has 0 unspecified atom stereocenters. The molecule has 0 radical (unpaired) electrons. The Kier molecular flexibility index (Phi) is 14.3. The molecule has 214 valence electrons. The van der Waals surface area contributed by atoms with Gasteiger partial charge < -0.3 is 14.7 Å². The van der Waals surface area contributed by atoms with E-state index in [1.165, 1.54) is 22.3 Å². The summed E-state index contributed by atoms with van der Waals surface area (Å²) in [6.07, 6.45) is 0. The second-order valence-corrected chi connectivity index (χ2v) is 10.7.